The molecule has 2 aliphatic rings. The minimum Gasteiger partial charge on any atom is -0.449 e. The number of carbonyl (C=O) groups excluding carboxylic acids is 1. The molecule has 14 heavy (non-hydrogen) atoms. The lowest BCUT2D eigenvalue weighted by Crippen LogP contribution is -2.35. The minimum atomic E-state index is -0.269. The van der Waals surface area contributed by atoms with E-state index >= 15 is 0 Å². The molecule has 0 aromatic rings. The van der Waals surface area contributed by atoms with E-state index in [2.05, 4.69) is 13.8 Å². The van der Waals surface area contributed by atoms with Gasteiger partial charge in [-0.05, 0) is 13.8 Å². The number of hydrogen-bond donors (Lipinski definition) is 0. The van der Waals surface area contributed by atoms with E-state index in [0.29, 0.717) is 6.79 Å². The van der Waals surface area contributed by atoms with E-state index in [9.17, 15) is 4.79 Å². The first-order chi connectivity index (χ1) is 6.50. The van der Waals surface area contributed by atoms with Crippen LogP contribution in [0.2, 0.25) is 0 Å². The zero-order valence-corrected chi connectivity index (χ0v) is 9.30. The summed E-state index contributed by atoms with van der Waals surface area (Å²) in [5, 5.41) is 0. The van der Waals surface area contributed by atoms with Crippen molar-refractivity contribution in [3.63, 3.8) is 0 Å². The van der Waals surface area contributed by atoms with Gasteiger partial charge < -0.3 is 14.2 Å². The van der Waals surface area contributed by atoms with Crippen molar-refractivity contribution in [1.82, 2.24) is 0 Å². The summed E-state index contributed by atoms with van der Waals surface area (Å²) in [5.74, 6) is -0.269. The van der Waals surface area contributed by atoms with Crippen LogP contribution in [0, 0.1) is 0 Å². The third kappa shape index (κ3) is 1.64. The molecule has 0 radical (unpaired) electrons. The molecule has 5 heteroatoms. The van der Waals surface area contributed by atoms with Crippen LogP contribution in [0.4, 0.5) is 0 Å². The van der Waals surface area contributed by atoms with Crippen molar-refractivity contribution in [2.45, 2.75) is 43.2 Å². The maximum Gasteiger partial charge on any atom is 0.303 e. The standard InChI is InChI=1S/C9H14O4S/c1-5(10)13-8-6-7(12-4-11-6)9(2,3)14-8/h6-8H,4H2,1-3H3. The van der Waals surface area contributed by atoms with Crippen LogP contribution in [0.25, 0.3) is 0 Å². The van der Waals surface area contributed by atoms with Crippen LogP contribution in [0.3, 0.4) is 0 Å². The van der Waals surface area contributed by atoms with Crippen LogP contribution >= 0.6 is 11.8 Å². The average molecular weight is 218 g/mol. The molecule has 2 heterocycles. The Bertz CT molecular complexity index is 253. The zero-order valence-electron chi connectivity index (χ0n) is 8.48. The molecule has 80 valence electrons. The van der Waals surface area contributed by atoms with E-state index in [1.165, 1.54) is 6.92 Å². The van der Waals surface area contributed by atoms with Gasteiger partial charge in [0, 0.05) is 11.7 Å². The van der Waals surface area contributed by atoms with Gasteiger partial charge in [0.15, 0.2) is 5.44 Å². The summed E-state index contributed by atoms with van der Waals surface area (Å²) in [6.07, 6.45) is -0.0873. The number of carbonyl (C=O) groups is 1. The van der Waals surface area contributed by atoms with Crippen molar-refractivity contribution >= 4 is 17.7 Å². The molecule has 2 aliphatic heterocycles. The van der Waals surface area contributed by atoms with E-state index in [4.69, 9.17) is 14.2 Å². The third-order valence-corrected chi connectivity index (χ3v) is 3.90. The van der Waals surface area contributed by atoms with E-state index in [0.717, 1.165) is 0 Å². The Kier molecular flexibility index (Phi) is 2.49. The van der Waals surface area contributed by atoms with Crippen LogP contribution < -0.4 is 0 Å². The smallest absolute Gasteiger partial charge is 0.303 e. The van der Waals surface area contributed by atoms with E-state index < -0.39 is 0 Å². The molecule has 0 saturated carbocycles. The Morgan fingerprint density at radius 1 is 1.50 bits per heavy atom. The van der Waals surface area contributed by atoms with Crippen molar-refractivity contribution < 1.29 is 19.0 Å². The fourth-order valence-electron chi connectivity index (χ4n) is 1.88. The summed E-state index contributed by atoms with van der Waals surface area (Å²) in [4.78, 5) is 10.9. The number of esters is 1. The Morgan fingerprint density at radius 2 is 2.21 bits per heavy atom. The largest absolute Gasteiger partial charge is 0.449 e. The van der Waals surface area contributed by atoms with Gasteiger partial charge in [0.25, 0.3) is 0 Å². The highest BCUT2D eigenvalue weighted by atomic mass is 32.2. The number of hydrogen-bond acceptors (Lipinski definition) is 5. The van der Waals surface area contributed by atoms with Gasteiger partial charge in [-0.25, -0.2) is 0 Å². The van der Waals surface area contributed by atoms with Gasteiger partial charge in [-0.1, -0.05) is 0 Å². The van der Waals surface area contributed by atoms with Crippen molar-refractivity contribution in [2.75, 3.05) is 6.79 Å². The molecule has 0 amide bonds. The molecule has 2 rings (SSSR count). The van der Waals surface area contributed by atoms with E-state index in [-0.39, 0.29) is 28.4 Å². The van der Waals surface area contributed by atoms with Gasteiger partial charge in [0.05, 0.1) is 0 Å². The van der Waals surface area contributed by atoms with Crippen molar-refractivity contribution in [2.24, 2.45) is 0 Å². The van der Waals surface area contributed by atoms with E-state index in [1.54, 1.807) is 11.8 Å². The molecule has 3 atom stereocenters. The maximum absolute atomic E-state index is 10.9. The number of thioether (sulfide) groups is 1. The second-order valence-corrected chi connectivity index (χ2v) is 5.79. The predicted octanol–water partition coefficient (Wildman–Crippen LogP) is 1.14. The van der Waals surface area contributed by atoms with Gasteiger partial charge in [-0.3, -0.25) is 4.79 Å². The monoisotopic (exact) mass is 218 g/mol. The highest BCUT2D eigenvalue weighted by Crippen LogP contribution is 2.48. The van der Waals surface area contributed by atoms with Crippen LogP contribution in [0.5, 0.6) is 0 Å². The van der Waals surface area contributed by atoms with Gasteiger partial charge >= 0.3 is 5.97 Å². The quantitative estimate of drug-likeness (QED) is 0.618. The van der Waals surface area contributed by atoms with Gasteiger partial charge in [-0.15, -0.1) is 11.8 Å². The zero-order chi connectivity index (χ0) is 10.3. The normalized spacial score (nSPS) is 39.5. The summed E-state index contributed by atoms with van der Waals surface area (Å²) in [7, 11) is 0. The van der Waals surface area contributed by atoms with Crippen molar-refractivity contribution in [1.29, 1.82) is 0 Å². The fourth-order valence-corrected chi connectivity index (χ4v) is 3.35. The molecule has 0 bridgehead atoms. The second kappa shape index (κ2) is 3.40. The topological polar surface area (TPSA) is 44.8 Å². The highest BCUT2D eigenvalue weighted by molar-refractivity contribution is 8.01. The van der Waals surface area contributed by atoms with Crippen molar-refractivity contribution in [3.8, 4) is 0 Å². The average Bonchev–Trinajstić information content (AvgIpc) is 2.55. The molecule has 2 fully saturated rings. The van der Waals surface area contributed by atoms with Crippen LogP contribution in [0.1, 0.15) is 20.8 Å². The summed E-state index contributed by atoms with van der Waals surface area (Å²) < 4.78 is 16.0. The molecular formula is C9H14O4S. The molecule has 0 aromatic carbocycles. The first kappa shape index (κ1) is 10.3. The Balaban J connectivity index is 2.10. The Labute approximate surface area is 87.3 Å². The fraction of sp³-hybridized carbons (Fsp3) is 0.889. The lowest BCUT2D eigenvalue weighted by Gasteiger charge is -2.21. The Morgan fingerprint density at radius 3 is 2.86 bits per heavy atom. The number of rotatable bonds is 1. The summed E-state index contributed by atoms with van der Waals surface area (Å²) >= 11 is 1.60. The van der Waals surface area contributed by atoms with Gasteiger partial charge in [-0.2, -0.15) is 0 Å². The van der Waals surface area contributed by atoms with Crippen molar-refractivity contribution in [3.05, 3.63) is 0 Å². The predicted molar refractivity (Wildman–Crippen MR) is 51.8 cm³/mol. The lowest BCUT2D eigenvalue weighted by atomic mass is 10.0. The summed E-state index contributed by atoms with van der Waals surface area (Å²) in [5.41, 5.74) is -0.227. The van der Waals surface area contributed by atoms with Crippen LogP contribution in [0.15, 0.2) is 0 Å². The molecule has 0 N–H and O–H groups in total. The highest BCUT2D eigenvalue weighted by Gasteiger charge is 2.55. The van der Waals surface area contributed by atoms with Gasteiger partial charge in [0.2, 0.25) is 0 Å². The first-order valence-electron chi connectivity index (χ1n) is 4.59. The van der Waals surface area contributed by atoms with Crippen LogP contribution in [-0.2, 0) is 19.0 Å². The molecule has 4 nitrogen and oxygen atoms in total. The molecule has 0 aromatic heterocycles. The molecule has 3 unspecified atom stereocenters. The van der Waals surface area contributed by atoms with Crippen LogP contribution in [-0.4, -0.2) is 35.2 Å². The second-order valence-electron chi connectivity index (χ2n) is 4.04. The first-order valence-corrected chi connectivity index (χ1v) is 5.47. The minimum absolute atomic E-state index is 0.0249. The SMILES string of the molecule is CC(=O)OC1SC(C)(C)C2OCOC12. The summed E-state index contributed by atoms with van der Waals surface area (Å²) in [6, 6.07) is 0. The molecule has 2 saturated heterocycles. The Hall–Kier alpha value is -0.260. The third-order valence-electron chi connectivity index (χ3n) is 2.46. The van der Waals surface area contributed by atoms with E-state index in [1.807, 2.05) is 0 Å². The lowest BCUT2D eigenvalue weighted by molar-refractivity contribution is -0.146. The number of fused-ring (bicyclic) bond motifs is 1. The molecule has 0 aliphatic carbocycles. The molecule has 0 spiro atoms. The maximum atomic E-state index is 10.9. The number of ether oxygens (including phenoxy) is 3. The summed E-state index contributed by atoms with van der Waals surface area (Å²) in [6.45, 7) is 5.87. The molecular weight excluding hydrogens is 204 g/mol. The van der Waals surface area contributed by atoms with Gasteiger partial charge in [0.1, 0.15) is 19.0 Å².